The summed E-state index contributed by atoms with van der Waals surface area (Å²) < 4.78 is 11.6. The number of fused-ring (bicyclic) bond motifs is 1. The third kappa shape index (κ3) is 6.28. The number of nitrogens with one attached hydrogen (secondary N) is 2. The molecule has 0 atom stereocenters. The number of carbonyl (C=O) groups excluding carboxylic acids is 1. The van der Waals surface area contributed by atoms with Crippen LogP contribution in [0.15, 0.2) is 53.5 Å². The first-order valence-corrected chi connectivity index (χ1v) is 12.2. The molecule has 0 unspecified atom stereocenters. The van der Waals surface area contributed by atoms with Crippen molar-refractivity contribution >= 4 is 46.4 Å². The summed E-state index contributed by atoms with van der Waals surface area (Å²) in [6, 6.07) is 12.3. The lowest BCUT2D eigenvalue weighted by Gasteiger charge is -2.13. The second kappa shape index (κ2) is 11.9. The van der Waals surface area contributed by atoms with Crippen molar-refractivity contribution in [2.45, 2.75) is 20.0 Å². The predicted octanol–water partition coefficient (Wildman–Crippen LogP) is 4.53. The molecule has 0 aliphatic carbocycles. The SMILES string of the molecule is CCOC(=O)NCCn1c(=O)c(-c2ccc(OC)cc2)nc2cnc(NCc3ccc(Cl)c(Cl)c3)nc21. The number of benzene rings is 2. The monoisotopic (exact) mass is 542 g/mol. The Morgan fingerprint density at radius 3 is 2.57 bits per heavy atom. The van der Waals surface area contributed by atoms with Crippen LogP contribution in [0.25, 0.3) is 22.4 Å². The molecule has 0 saturated heterocycles. The number of aromatic nitrogens is 4. The van der Waals surface area contributed by atoms with Crippen LogP contribution in [0, 0.1) is 0 Å². The average Bonchev–Trinajstić information content (AvgIpc) is 2.90. The smallest absolute Gasteiger partial charge is 0.407 e. The van der Waals surface area contributed by atoms with Gasteiger partial charge in [0.1, 0.15) is 17.0 Å². The number of methoxy groups -OCH3 is 1. The van der Waals surface area contributed by atoms with E-state index in [1.54, 1.807) is 56.6 Å². The lowest BCUT2D eigenvalue weighted by atomic mass is 10.1. The molecule has 0 aliphatic rings. The van der Waals surface area contributed by atoms with Crippen LogP contribution >= 0.6 is 23.2 Å². The molecule has 2 aromatic carbocycles. The molecule has 2 heterocycles. The van der Waals surface area contributed by atoms with E-state index in [2.05, 4.69) is 25.6 Å². The number of halogens is 2. The molecule has 0 spiro atoms. The second-order valence-corrected chi connectivity index (χ2v) is 8.61. The molecule has 2 N–H and O–H groups in total. The molecule has 192 valence electrons. The van der Waals surface area contributed by atoms with Crippen molar-refractivity contribution < 1.29 is 14.3 Å². The number of hydrogen-bond acceptors (Lipinski definition) is 8. The zero-order valence-electron chi connectivity index (χ0n) is 20.1. The van der Waals surface area contributed by atoms with Gasteiger partial charge in [0, 0.05) is 25.2 Å². The molecule has 37 heavy (non-hydrogen) atoms. The van der Waals surface area contributed by atoms with Gasteiger partial charge in [-0.3, -0.25) is 9.36 Å². The summed E-state index contributed by atoms with van der Waals surface area (Å²) in [5, 5.41) is 6.66. The van der Waals surface area contributed by atoms with Crippen molar-refractivity contribution in [2.24, 2.45) is 0 Å². The Labute approximate surface area is 222 Å². The fourth-order valence-corrected chi connectivity index (χ4v) is 3.87. The molecule has 4 aromatic rings. The minimum absolute atomic E-state index is 0.142. The van der Waals surface area contributed by atoms with E-state index in [4.69, 9.17) is 32.7 Å². The number of hydrogen-bond donors (Lipinski definition) is 2. The van der Waals surface area contributed by atoms with Crippen molar-refractivity contribution in [3.63, 3.8) is 0 Å². The Kier molecular flexibility index (Phi) is 8.42. The van der Waals surface area contributed by atoms with Crippen LogP contribution in [0.3, 0.4) is 0 Å². The summed E-state index contributed by atoms with van der Waals surface area (Å²) in [4.78, 5) is 38.7. The van der Waals surface area contributed by atoms with Gasteiger partial charge in [-0.25, -0.2) is 14.8 Å². The minimum Gasteiger partial charge on any atom is -0.497 e. The molecule has 2 aromatic heterocycles. The number of anilines is 1. The topological polar surface area (TPSA) is 120 Å². The summed E-state index contributed by atoms with van der Waals surface area (Å²) in [5.41, 5.74) is 2.09. The molecule has 0 fully saturated rings. The largest absolute Gasteiger partial charge is 0.497 e. The van der Waals surface area contributed by atoms with Crippen molar-refractivity contribution in [1.82, 2.24) is 24.8 Å². The van der Waals surface area contributed by atoms with Crippen LogP contribution in [0.5, 0.6) is 5.75 Å². The third-order valence-corrected chi connectivity index (χ3v) is 6.10. The van der Waals surface area contributed by atoms with E-state index in [1.165, 1.54) is 4.57 Å². The van der Waals surface area contributed by atoms with Gasteiger partial charge in [0.05, 0.1) is 30.0 Å². The number of alkyl carbamates (subject to hydrolysis) is 1. The van der Waals surface area contributed by atoms with Gasteiger partial charge in [-0.1, -0.05) is 29.3 Å². The molecule has 0 radical (unpaired) electrons. The van der Waals surface area contributed by atoms with E-state index >= 15 is 0 Å². The van der Waals surface area contributed by atoms with Gasteiger partial charge in [-0.2, -0.15) is 4.98 Å². The predicted molar refractivity (Wildman–Crippen MR) is 142 cm³/mol. The molecule has 0 bridgehead atoms. The highest BCUT2D eigenvalue weighted by atomic mass is 35.5. The first-order chi connectivity index (χ1) is 17.9. The lowest BCUT2D eigenvalue weighted by molar-refractivity contribution is 0.152. The van der Waals surface area contributed by atoms with Gasteiger partial charge in [-0.05, 0) is 48.9 Å². The highest BCUT2D eigenvalue weighted by Gasteiger charge is 2.16. The van der Waals surface area contributed by atoms with E-state index in [9.17, 15) is 9.59 Å². The molecule has 12 heteroatoms. The van der Waals surface area contributed by atoms with E-state index < -0.39 is 6.09 Å². The first kappa shape index (κ1) is 26.2. The molecule has 4 rings (SSSR count). The Balaban J connectivity index is 1.68. The summed E-state index contributed by atoms with van der Waals surface area (Å²) in [6.07, 6.45) is 0.976. The van der Waals surface area contributed by atoms with Crippen molar-refractivity contribution in [3.05, 3.63) is 74.6 Å². The van der Waals surface area contributed by atoms with E-state index in [0.29, 0.717) is 45.0 Å². The third-order valence-electron chi connectivity index (χ3n) is 5.36. The van der Waals surface area contributed by atoms with Crippen LogP contribution < -0.4 is 20.9 Å². The standard InChI is InChI=1S/C25H24Cl2N6O4/c1-3-37-25(35)28-10-11-33-22-20(31-21(23(33)34)16-5-7-17(36-2)8-6-16)14-30-24(32-22)29-13-15-4-9-18(26)19(27)12-15/h4-9,12,14H,3,10-11,13H2,1-2H3,(H,28,35)(H,29,30,32). The quantitative estimate of drug-likeness (QED) is 0.316. The fourth-order valence-electron chi connectivity index (χ4n) is 3.55. The Morgan fingerprint density at radius 2 is 1.86 bits per heavy atom. The maximum Gasteiger partial charge on any atom is 0.407 e. The number of carbonyl (C=O) groups is 1. The van der Waals surface area contributed by atoms with Crippen LogP contribution in [0.2, 0.25) is 10.0 Å². The molecule has 1 amide bonds. The molecule has 10 nitrogen and oxygen atoms in total. The number of ether oxygens (including phenoxy) is 2. The van der Waals surface area contributed by atoms with Gasteiger partial charge in [-0.15, -0.1) is 0 Å². The number of rotatable bonds is 9. The van der Waals surface area contributed by atoms with Crippen LogP contribution in [0.4, 0.5) is 10.7 Å². The number of amides is 1. The van der Waals surface area contributed by atoms with Crippen LogP contribution in [0.1, 0.15) is 12.5 Å². The van der Waals surface area contributed by atoms with Gasteiger partial charge < -0.3 is 20.1 Å². The first-order valence-electron chi connectivity index (χ1n) is 11.4. The number of nitrogens with zero attached hydrogens (tertiary/aromatic N) is 4. The van der Waals surface area contributed by atoms with Gasteiger partial charge in [0.2, 0.25) is 5.95 Å². The molecular weight excluding hydrogens is 519 g/mol. The average molecular weight is 543 g/mol. The normalized spacial score (nSPS) is 10.8. The van der Waals surface area contributed by atoms with Crippen molar-refractivity contribution in [1.29, 1.82) is 0 Å². The van der Waals surface area contributed by atoms with Gasteiger partial charge >= 0.3 is 6.09 Å². The highest BCUT2D eigenvalue weighted by molar-refractivity contribution is 6.42. The van der Waals surface area contributed by atoms with E-state index in [-0.39, 0.29) is 30.9 Å². The van der Waals surface area contributed by atoms with Crippen molar-refractivity contribution in [3.8, 4) is 17.0 Å². The van der Waals surface area contributed by atoms with Crippen LogP contribution in [-0.2, 0) is 17.8 Å². The highest BCUT2D eigenvalue weighted by Crippen LogP contribution is 2.23. The zero-order chi connectivity index (χ0) is 26.4. The molecular formula is C25H24Cl2N6O4. The zero-order valence-corrected chi connectivity index (χ0v) is 21.6. The molecule has 0 saturated carbocycles. The maximum absolute atomic E-state index is 13.5. The second-order valence-electron chi connectivity index (χ2n) is 7.80. The van der Waals surface area contributed by atoms with Gasteiger partial charge in [0.25, 0.3) is 5.56 Å². The fraction of sp³-hybridized carbons (Fsp3) is 0.240. The summed E-state index contributed by atoms with van der Waals surface area (Å²) in [5.74, 6) is 0.952. The molecule has 0 aliphatic heterocycles. The minimum atomic E-state index is -0.567. The summed E-state index contributed by atoms with van der Waals surface area (Å²) >= 11 is 12.1. The lowest BCUT2D eigenvalue weighted by Crippen LogP contribution is -2.32. The Bertz CT molecular complexity index is 1480. The van der Waals surface area contributed by atoms with E-state index in [1.807, 2.05) is 6.07 Å². The van der Waals surface area contributed by atoms with Crippen molar-refractivity contribution in [2.75, 3.05) is 25.6 Å². The van der Waals surface area contributed by atoms with Gasteiger partial charge in [0.15, 0.2) is 5.65 Å². The summed E-state index contributed by atoms with van der Waals surface area (Å²) in [6.45, 7) is 2.63. The Morgan fingerprint density at radius 1 is 1.08 bits per heavy atom. The Hall–Kier alpha value is -3.89. The van der Waals surface area contributed by atoms with Crippen LogP contribution in [-0.4, -0.2) is 45.9 Å². The maximum atomic E-state index is 13.5. The summed E-state index contributed by atoms with van der Waals surface area (Å²) in [7, 11) is 1.57. The van der Waals surface area contributed by atoms with E-state index in [0.717, 1.165) is 5.56 Å².